The molecule has 0 radical (unpaired) electrons. The lowest BCUT2D eigenvalue weighted by Gasteiger charge is -2.36. The molecule has 3 aromatic carbocycles. The van der Waals surface area contributed by atoms with Gasteiger partial charge in [-0.15, -0.1) is 0 Å². The van der Waals surface area contributed by atoms with Crippen molar-refractivity contribution < 1.29 is 14.7 Å². The van der Waals surface area contributed by atoms with Gasteiger partial charge in [0.15, 0.2) is 5.16 Å². The Labute approximate surface area is 251 Å². The predicted octanol–water partition coefficient (Wildman–Crippen LogP) is 6.12. The summed E-state index contributed by atoms with van der Waals surface area (Å²) in [5.74, 6) is 0.405. The van der Waals surface area contributed by atoms with Crippen molar-refractivity contribution in [1.82, 2.24) is 19.4 Å². The van der Waals surface area contributed by atoms with Crippen molar-refractivity contribution in [2.45, 2.75) is 49.1 Å². The third-order valence-electron chi connectivity index (χ3n) is 8.88. The van der Waals surface area contributed by atoms with E-state index in [0.29, 0.717) is 29.7 Å². The van der Waals surface area contributed by atoms with Crippen LogP contribution < -0.4 is 0 Å². The third kappa shape index (κ3) is 6.25. The molecule has 0 saturated carbocycles. The molecular weight excluding hydrogens is 544 g/mol. The summed E-state index contributed by atoms with van der Waals surface area (Å²) in [6.45, 7) is 4.24. The van der Waals surface area contributed by atoms with Crippen LogP contribution >= 0.6 is 11.8 Å². The molecule has 4 aromatic rings. The highest BCUT2D eigenvalue weighted by Gasteiger charge is 2.31. The lowest BCUT2D eigenvalue weighted by molar-refractivity contribution is -0.138. The number of hydrogen-bond donors (Lipinski definition) is 1. The normalized spacial score (nSPS) is 17.1. The molecule has 0 spiro atoms. The van der Waals surface area contributed by atoms with Crippen molar-refractivity contribution in [3.05, 3.63) is 95.3 Å². The molecule has 218 valence electrons. The fourth-order valence-corrected chi connectivity index (χ4v) is 7.35. The first-order valence-electron chi connectivity index (χ1n) is 14.9. The lowest BCUT2D eigenvalue weighted by atomic mass is 9.91. The van der Waals surface area contributed by atoms with E-state index in [4.69, 9.17) is 4.98 Å². The van der Waals surface area contributed by atoms with Crippen LogP contribution in [0.25, 0.3) is 10.8 Å². The van der Waals surface area contributed by atoms with Crippen LogP contribution in [-0.2, 0) is 17.1 Å². The molecule has 0 atom stereocenters. The minimum absolute atomic E-state index is 0.161. The van der Waals surface area contributed by atoms with Gasteiger partial charge in [-0.3, -0.25) is 4.79 Å². The van der Waals surface area contributed by atoms with E-state index in [2.05, 4.69) is 70.1 Å². The molecule has 6 rings (SSSR count). The number of carbonyl (C=O) groups excluding carboxylic acids is 1. The quantitative estimate of drug-likeness (QED) is 0.252. The maximum absolute atomic E-state index is 13.2. The van der Waals surface area contributed by atoms with E-state index >= 15 is 0 Å². The number of amides is 1. The molecular formula is C34H38N4O3S. The smallest absolute Gasteiger partial charge is 0.335 e. The Hall–Kier alpha value is -3.62. The number of fused-ring (bicyclic) bond motifs is 1. The SMILES string of the molecule is CN1CCC(C(=O)N2CCC(c3cn(Cc4cccc5ccccc45)c(SCc4ccccc4C(=O)O)n3)CC2)CC1. The van der Waals surface area contributed by atoms with Gasteiger partial charge in [0, 0.05) is 36.9 Å². The molecule has 0 aliphatic carbocycles. The van der Waals surface area contributed by atoms with E-state index in [0.717, 1.165) is 68.3 Å². The zero-order valence-electron chi connectivity index (χ0n) is 24.1. The molecule has 1 amide bonds. The van der Waals surface area contributed by atoms with Crippen LogP contribution in [0.5, 0.6) is 0 Å². The lowest BCUT2D eigenvalue weighted by Crippen LogP contribution is -2.44. The summed E-state index contributed by atoms with van der Waals surface area (Å²) in [6.07, 6.45) is 5.93. The van der Waals surface area contributed by atoms with E-state index in [-0.39, 0.29) is 5.92 Å². The molecule has 3 heterocycles. The van der Waals surface area contributed by atoms with Crippen molar-refractivity contribution in [2.75, 3.05) is 33.2 Å². The third-order valence-corrected chi connectivity index (χ3v) is 9.92. The Morgan fingerprint density at radius 2 is 1.57 bits per heavy atom. The van der Waals surface area contributed by atoms with Crippen LogP contribution in [-0.4, -0.2) is 69.6 Å². The van der Waals surface area contributed by atoms with Gasteiger partial charge in [-0.2, -0.15) is 0 Å². The second-order valence-corrected chi connectivity index (χ2v) is 12.6. The van der Waals surface area contributed by atoms with E-state index in [1.165, 1.54) is 16.3 Å². The molecule has 0 unspecified atom stereocenters. The van der Waals surface area contributed by atoms with Gasteiger partial charge in [0.25, 0.3) is 0 Å². The van der Waals surface area contributed by atoms with Crippen LogP contribution in [0.4, 0.5) is 0 Å². The fraction of sp³-hybridized carbons (Fsp3) is 0.382. The van der Waals surface area contributed by atoms with Gasteiger partial charge in [0.05, 0.1) is 17.8 Å². The van der Waals surface area contributed by atoms with Gasteiger partial charge >= 0.3 is 5.97 Å². The average molecular weight is 583 g/mol. The molecule has 2 aliphatic rings. The van der Waals surface area contributed by atoms with Crippen LogP contribution in [0.3, 0.4) is 0 Å². The van der Waals surface area contributed by atoms with Gasteiger partial charge in [-0.05, 0) is 73.8 Å². The van der Waals surface area contributed by atoms with E-state index in [1.54, 1.807) is 23.9 Å². The molecule has 2 aliphatic heterocycles. The van der Waals surface area contributed by atoms with Crippen molar-refractivity contribution in [2.24, 2.45) is 5.92 Å². The predicted molar refractivity (Wildman–Crippen MR) is 167 cm³/mol. The number of carboxylic acids is 1. The number of piperidine rings is 2. The summed E-state index contributed by atoms with van der Waals surface area (Å²) >= 11 is 1.59. The van der Waals surface area contributed by atoms with Crippen molar-refractivity contribution in [1.29, 1.82) is 0 Å². The number of carboxylic acid groups (broad SMARTS) is 1. The second kappa shape index (κ2) is 12.7. The Balaban J connectivity index is 1.21. The maximum Gasteiger partial charge on any atom is 0.335 e. The molecule has 42 heavy (non-hydrogen) atoms. The first-order valence-corrected chi connectivity index (χ1v) is 15.9. The van der Waals surface area contributed by atoms with Crippen molar-refractivity contribution in [3.63, 3.8) is 0 Å². The van der Waals surface area contributed by atoms with Gasteiger partial charge in [-0.25, -0.2) is 9.78 Å². The highest BCUT2D eigenvalue weighted by atomic mass is 32.2. The first-order chi connectivity index (χ1) is 20.5. The molecule has 0 bridgehead atoms. The molecule has 1 aromatic heterocycles. The van der Waals surface area contributed by atoms with Gasteiger partial charge in [0.2, 0.25) is 5.91 Å². The highest BCUT2D eigenvalue weighted by Crippen LogP contribution is 2.33. The molecule has 7 nitrogen and oxygen atoms in total. The fourth-order valence-electron chi connectivity index (χ4n) is 6.36. The monoisotopic (exact) mass is 582 g/mol. The minimum atomic E-state index is -0.910. The van der Waals surface area contributed by atoms with Gasteiger partial charge in [-0.1, -0.05) is 72.4 Å². The number of thioether (sulfide) groups is 1. The average Bonchev–Trinajstić information content (AvgIpc) is 3.43. The zero-order chi connectivity index (χ0) is 29.1. The largest absolute Gasteiger partial charge is 0.478 e. The number of benzene rings is 3. The minimum Gasteiger partial charge on any atom is -0.478 e. The maximum atomic E-state index is 13.2. The summed E-state index contributed by atoms with van der Waals surface area (Å²) in [4.78, 5) is 34.5. The number of nitrogens with zero attached hydrogens (tertiary/aromatic N) is 4. The van der Waals surface area contributed by atoms with Crippen molar-refractivity contribution in [3.8, 4) is 0 Å². The Morgan fingerprint density at radius 3 is 2.36 bits per heavy atom. The molecule has 2 saturated heterocycles. The summed E-state index contributed by atoms with van der Waals surface area (Å²) in [5.41, 5.74) is 3.41. The van der Waals surface area contributed by atoms with Crippen molar-refractivity contribution >= 4 is 34.4 Å². The molecule has 8 heteroatoms. The van der Waals surface area contributed by atoms with Crippen LogP contribution in [0, 0.1) is 5.92 Å². The number of carbonyl (C=O) groups is 2. The topological polar surface area (TPSA) is 78.7 Å². The summed E-state index contributed by atoms with van der Waals surface area (Å²) in [5, 5.41) is 13.0. The Bertz CT molecular complexity index is 1560. The number of rotatable bonds is 8. The van der Waals surface area contributed by atoms with Gasteiger partial charge < -0.3 is 19.5 Å². The molecule has 2 fully saturated rings. The summed E-state index contributed by atoms with van der Waals surface area (Å²) in [6, 6.07) is 22.0. The molecule has 1 N–H and O–H groups in total. The standard InChI is InChI=1S/C34H38N4O3S/c1-36-17-13-26(14-18-36)32(39)37-19-15-25(16-20-37)31-22-38(21-27-10-6-9-24-7-2-4-11-29(24)27)34(35-31)42-23-28-8-3-5-12-30(28)33(40)41/h2-12,22,25-26H,13-21,23H2,1H3,(H,40,41). The summed E-state index contributed by atoms with van der Waals surface area (Å²) in [7, 11) is 2.13. The highest BCUT2D eigenvalue weighted by molar-refractivity contribution is 7.98. The second-order valence-electron chi connectivity index (χ2n) is 11.6. The van der Waals surface area contributed by atoms with Crippen LogP contribution in [0.1, 0.15) is 58.8 Å². The zero-order valence-corrected chi connectivity index (χ0v) is 24.9. The number of aromatic nitrogens is 2. The van der Waals surface area contributed by atoms with Crippen LogP contribution in [0.2, 0.25) is 0 Å². The number of aromatic carboxylic acids is 1. The van der Waals surface area contributed by atoms with Gasteiger partial charge in [0.1, 0.15) is 0 Å². The number of hydrogen-bond acceptors (Lipinski definition) is 5. The Kier molecular flexibility index (Phi) is 8.63. The van der Waals surface area contributed by atoms with Crippen LogP contribution in [0.15, 0.2) is 78.1 Å². The van der Waals surface area contributed by atoms with E-state index < -0.39 is 5.97 Å². The number of likely N-dealkylation sites (tertiary alicyclic amines) is 2. The summed E-state index contributed by atoms with van der Waals surface area (Å²) < 4.78 is 2.22. The van der Waals surface area contributed by atoms with E-state index in [9.17, 15) is 14.7 Å². The van der Waals surface area contributed by atoms with E-state index in [1.807, 2.05) is 12.1 Å². The first kappa shape index (κ1) is 28.5. The Morgan fingerprint density at radius 1 is 0.881 bits per heavy atom. The number of imidazole rings is 1.